The number of pyridine rings is 2. The maximum atomic E-state index is 13.3. The van der Waals surface area contributed by atoms with Crippen molar-refractivity contribution in [2.24, 2.45) is 0 Å². The van der Waals surface area contributed by atoms with E-state index in [4.69, 9.17) is 0 Å². The quantitative estimate of drug-likeness (QED) is 0.345. The van der Waals surface area contributed by atoms with Crippen molar-refractivity contribution < 1.29 is 21.6 Å². The van der Waals surface area contributed by atoms with E-state index in [0.29, 0.717) is 48.1 Å². The van der Waals surface area contributed by atoms with Crippen LogP contribution in [0.25, 0.3) is 22.2 Å². The lowest BCUT2D eigenvalue weighted by molar-refractivity contribution is -0.137. The van der Waals surface area contributed by atoms with E-state index in [1.54, 1.807) is 36.7 Å². The highest BCUT2D eigenvalue weighted by molar-refractivity contribution is 7.92. The van der Waals surface area contributed by atoms with Crippen LogP contribution < -0.4 is 5.32 Å². The van der Waals surface area contributed by atoms with E-state index in [1.165, 1.54) is 6.07 Å². The van der Waals surface area contributed by atoms with E-state index in [9.17, 15) is 26.9 Å². The molecule has 11 heteroatoms. The third kappa shape index (κ3) is 5.02. The highest BCUT2D eigenvalue weighted by Crippen LogP contribution is 2.33. The second kappa shape index (κ2) is 9.52. The molecule has 2 N–H and O–H groups in total. The molecule has 4 aromatic rings. The van der Waals surface area contributed by atoms with E-state index in [1.807, 2.05) is 6.07 Å². The molecule has 0 bridgehead atoms. The monoisotopic (exact) mass is 525 g/mol. The average Bonchev–Trinajstić information content (AvgIpc) is 3.31. The smallest absolute Gasteiger partial charge is 0.367 e. The van der Waals surface area contributed by atoms with E-state index < -0.39 is 26.8 Å². The van der Waals surface area contributed by atoms with Crippen molar-refractivity contribution in [2.45, 2.75) is 48.0 Å². The van der Waals surface area contributed by atoms with Crippen LogP contribution in [0, 0.1) is 11.3 Å². The number of fused-ring (bicyclic) bond motifs is 1. The lowest BCUT2D eigenvalue weighted by atomic mass is 9.95. The Labute approximate surface area is 211 Å². The Morgan fingerprint density at radius 2 is 1.70 bits per heavy atom. The van der Waals surface area contributed by atoms with E-state index in [-0.39, 0.29) is 10.9 Å². The molecule has 1 aliphatic rings. The zero-order valence-electron chi connectivity index (χ0n) is 19.5. The number of hydrogen-bond acceptors (Lipinski definition) is 6. The van der Waals surface area contributed by atoms with Gasteiger partial charge < -0.3 is 10.3 Å². The van der Waals surface area contributed by atoms with Crippen LogP contribution in [0.1, 0.15) is 36.8 Å². The number of alkyl halides is 3. The minimum Gasteiger partial charge on any atom is -0.367 e. The number of anilines is 1. The van der Waals surface area contributed by atoms with Crippen LogP contribution in [0.2, 0.25) is 0 Å². The number of hydrogen-bond donors (Lipinski definition) is 2. The molecule has 1 fully saturated rings. The Morgan fingerprint density at radius 3 is 2.32 bits per heavy atom. The molecule has 190 valence electrons. The molecule has 7 nitrogen and oxygen atoms in total. The second-order valence-electron chi connectivity index (χ2n) is 9.05. The molecule has 37 heavy (non-hydrogen) atoms. The lowest BCUT2D eigenvalue weighted by Crippen LogP contribution is -2.33. The number of nitriles is 1. The van der Waals surface area contributed by atoms with Crippen molar-refractivity contribution in [2.75, 3.05) is 5.32 Å². The minimum atomic E-state index is -4.44. The number of nitrogens with zero attached hydrogens (tertiary/aromatic N) is 3. The van der Waals surface area contributed by atoms with Gasteiger partial charge in [-0.25, -0.2) is 18.4 Å². The van der Waals surface area contributed by atoms with E-state index >= 15 is 0 Å². The Kier molecular flexibility index (Phi) is 6.37. The van der Waals surface area contributed by atoms with Crippen LogP contribution in [-0.4, -0.2) is 34.7 Å². The Hall–Kier alpha value is -3.91. The Bertz CT molecular complexity index is 1570. The first kappa shape index (κ1) is 24.8. The van der Waals surface area contributed by atoms with Crippen molar-refractivity contribution in [3.63, 3.8) is 0 Å². The maximum absolute atomic E-state index is 13.3. The third-order valence-electron chi connectivity index (χ3n) is 6.72. The van der Waals surface area contributed by atoms with Crippen molar-refractivity contribution in [1.82, 2.24) is 15.0 Å². The predicted molar refractivity (Wildman–Crippen MR) is 132 cm³/mol. The number of aromatic nitrogens is 3. The SMILES string of the molecule is N#Cc1c[nH]c2ncc(-c3ccc(S(=O)(=O)C4CCC(Nc5ccc(C(F)(F)F)cn5)CC4)cc3)cc12. The predicted octanol–water partition coefficient (Wildman–Crippen LogP) is 5.71. The van der Waals surface area contributed by atoms with Gasteiger partial charge in [0.2, 0.25) is 0 Å². The summed E-state index contributed by atoms with van der Waals surface area (Å²) >= 11 is 0. The highest BCUT2D eigenvalue weighted by atomic mass is 32.2. The molecule has 0 radical (unpaired) electrons. The maximum Gasteiger partial charge on any atom is 0.417 e. The summed E-state index contributed by atoms with van der Waals surface area (Å²) in [6, 6.07) is 12.8. The first-order valence-corrected chi connectivity index (χ1v) is 13.2. The van der Waals surface area contributed by atoms with Crippen molar-refractivity contribution >= 4 is 26.7 Å². The van der Waals surface area contributed by atoms with Gasteiger partial charge in [0.1, 0.15) is 17.5 Å². The molecule has 0 atom stereocenters. The molecular weight excluding hydrogens is 503 g/mol. The topological polar surface area (TPSA) is 112 Å². The van der Waals surface area contributed by atoms with Crippen LogP contribution in [0.4, 0.5) is 19.0 Å². The van der Waals surface area contributed by atoms with Gasteiger partial charge in [0.05, 0.1) is 21.3 Å². The van der Waals surface area contributed by atoms with Crippen LogP contribution in [0.5, 0.6) is 0 Å². The molecule has 0 aliphatic heterocycles. The molecule has 0 unspecified atom stereocenters. The van der Waals surface area contributed by atoms with Crippen molar-refractivity contribution in [1.29, 1.82) is 5.26 Å². The fraction of sp³-hybridized carbons (Fsp3) is 0.269. The van der Waals surface area contributed by atoms with Gasteiger partial charge in [-0.1, -0.05) is 12.1 Å². The van der Waals surface area contributed by atoms with Gasteiger partial charge in [0.15, 0.2) is 9.84 Å². The van der Waals surface area contributed by atoms with Gasteiger partial charge in [-0.05, 0) is 61.6 Å². The summed E-state index contributed by atoms with van der Waals surface area (Å²) in [5.74, 6) is 0.337. The normalized spacial score (nSPS) is 18.4. The van der Waals surface area contributed by atoms with Gasteiger partial charge in [-0.2, -0.15) is 18.4 Å². The number of rotatable bonds is 5. The molecular formula is C26H22F3N5O2S. The Morgan fingerprint density at radius 1 is 0.973 bits per heavy atom. The number of aromatic amines is 1. The summed E-state index contributed by atoms with van der Waals surface area (Å²) in [7, 11) is -3.55. The Balaban J connectivity index is 1.24. The van der Waals surface area contributed by atoms with Crippen molar-refractivity contribution in [3.05, 3.63) is 72.2 Å². The summed E-state index contributed by atoms with van der Waals surface area (Å²) in [6.07, 6.45) is 1.62. The zero-order valence-corrected chi connectivity index (χ0v) is 20.3. The second-order valence-corrected chi connectivity index (χ2v) is 11.3. The number of nitrogens with one attached hydrogen (secondary N) is 2. The van der Waals surface area contributed by atoms with Crippen LogP contribution in [0.15, 0.2) is 66.0 Å². The third-order valence-corrected chi connectivity index (χ3v) is 9.00. The number of benzene rings is 1. The summed E-state index contributed by atoms with van der Waals surface area (Å²) in [5, 5.41) is 12.5. The molecule has 3 aromatic heterocycles. The average molecular weight is 526 g/mol. The zero-order chi connectivity index (χ0) is 26.2. The van der Waals surface area contributed by atoms with Gasteiger partial charge in [0, 0.05) is 35.6 Å². The summed E-state index contributed by atoms with van der Waals surface area (Å²) < 4.78 is 64.7. The van der Waals surface area contributed by atoms with Gasteiger partial charge >= 0.3 is 6.18 Å². The highest BCUT2D eigenvalue weighted by Gasteiger charge is 2.33. The molecule has 0 saturated heterocycles. The van der Waals surface area contributed by atoms with Crippen molar-refractivity contribution in [3.8, 4) is 17.2 Å². The van der Waals surface area contributed by atoms with Gasteiger partial charge in [-0.15, -0.1) is 0 Å². The summed E-state index contributed by atoms with van der Waals surface area (Å²) in [5.41, 5.74) is 1.85. The standard InChI is InChI=1S/C26H22F3N5O2S/c27-26(28,29)19-3-10-24(31-15-19)34-20-4-8-22(9-5-20)37(35,36)21-6-1-16(2-7-21)17-11-23-18(12-30)14-33-25(23)32-13-17/h1-3,6-7,10-11,13-15,20,22H,4-5,8-9H2,(H,31,34)(H,32,33). The van der Waals surface area contributed by atoms with Crippen LogP contribution in [-0.2, 0) is 16.0 Å². The molecule has 0 spiro atoms. The number of halogens is 3. The lowest BCUT2D eigenvalue weighted by Gasteiger charge is -2.29. The first-order chi connectivity index (χ1) is 17.6. The summed E-state index contributed by atoms with van der Waals surface area (Å²) in [6.45, 7) is 0. The first-order valence-electron chi connectivity index (χ1n) is 11.7. The van der Waals surface area contributed by atoms with Gasteiger partial charge in [-0.3, -0.25) is 0 Å². The molecule has 0 amide bonds. The van der Waals surface area contributed by atoms with Crippen LogP contribution in [0.3, 0.4) is 0 Å². The fourth-order valence-electron chi connectivity index (χ4n) is 4.66. The molecule has 1 aliphatic carbocycles. The van der Waals surface area contributed by atoms with Crippen LogP contribution >= 0.6 is 0 Å². The minimum absolute atomic E-state index is 0.0628. The number of sulfone groups is 1. The molecule has 1 aromatic carbocycles. The summed E-state index contributed by atoms with van der Waals surface area (Å²) in [4.78, 5) is 11.4. The molecule has 3 heterocycles. The molecule has 1 saturated carbocycles. The van der Waals surface area contributed by atoms with E-state index in [0.717, 1.165) is 23.4 Å². The number of H-pyrrole nitrogens is 1. The molecule has 5 rings (SSSR count). The van der Waals surface area contributed by atoms with E-state index in [2.05, 4.69) is 26.3 Å². The van der Waals surface area contributed by atoms with Gasteiger partial charge in [0.25, 0.3) is 0 Å². The fourth-order valence-corrected chi connectivity index (χ4v) is 6.45. The largest absolute Gasteiger partial charge is 0.417 e.